The zero-order valence-corrected chi connectivity index (χ0v) is 11.5. The van der Waals surface area contributed by atoms with Crippen LogP contribution in [0, 0.1) is 5.92 Å². The van der Waals surface area contributed by atoms with Crippen LogP contribution >= 0.6 is 0 Å². The third kappa shape index (κ3) is 3.37. The van der Waals surface area contributed by atoms with E-state index in [-0.39, 0.29) is 6.04 Å². The lowest BCUT2D eigenvalue weighted by atomic mass is 10.0. The van der Waals surface area contributed by atoms with Crippen molar-refractivity contribution < 1.29 is 4.74 Å². The molecule has 0 heterocycles. The minimum atomic E-state index is -0.0317. The summed E-state index contributed by atoms with van der Waals surface area (Å²) in [4.78, 5) is 2.24. The van der Waals surface area contributed by atoms with E-state index < -0.39 is 0 Å². The summed E-state index contributed by atoms with van der Waals surface area (Å²) in [5.74, 6) is 1.49. The molecule has 0 saturated heterocycles. The first-order valence-corrected chi connectivity index (χ1v) is 6.11. The monoisotopic (exact) mass is 236 g/mol. The van der Waals surface area contributed by atoms with E-state index in [1.54, 1.807) is 7.11 Å². The van der Waals surface area contributed by atoms with Crippen LogP contribution in [-0.4, -0.2) is 20.7 Å². The van der Waals surface area contributed by atoms with Crippen molar-refractivity contribution in [1.82, 2.24) is 0 Å². The average Bonchev–Trinajstić information content (AvgIpc) is 2.26. The quantitative estimate of drug-likeness (QED) is 0.854. The molecule has 0 amide bonds. The first-order valence-electron chi connectivity index (χ1n) is 6.11. The molecule has 0 spiro atoms. The topological polar surface area (TPSA) is 38.5 Å². The highest BCUT2D eigenvalue weighted by Crippen LogP contribution is 2.33. The Hall–Kier alpha value is -1.22. The second-order valence-corrected chi connectivity index (χ2v) is 4.96. The van der Waals surface area contributed by atoms with Crippen LogP contribution in [0.4, 0.5) is 5.69 Å². The Balaban J connectivity index is 3.13. The minimum Gasteiger partial charge on any atom is -0.496 e. The average molecular weight is 236 g/mol. The van der Waals surface area contributed by atoms with Crippen LogP contribution in [0.1, 0.15) is 32.4 Å². The largest absolute Gasteiger partial charge is 0.496 e. The summed E-state index contributed by atoms with van der Waals surface area (Å²) in [5.41, 5.74) is 8.29. The molecule has 0 aliphatic carbocycles. The molecule has 3 heteroatoms. The summed E-state index contributed by atoms with van der Waals surface area (Å²) >= 11 is 0. The predicted octanol–water partition coefficient (Wildman–Crippen LogP) is 2.81. The van der Waals surface area contributed by atoms with E-state index in [1.807, 2.05) is 19.1 Å². The van der Waals surface area contributed by atoms with Crippen LogP contribution in [-0.2, 0) is 0 Å². The fraction of sp³-hybridized carbons (Fsp3) is 0.571. The fourth-order valence-electron chi connectivity index (χ4n) is 2.15. The van der Waals surface area contributed by atoms with Crippen molar-refractivity contribution in [3.05, 3.63) is 23.8 Å². The Bertz CT molecular complexity index is 361. The van der Waals surface area contributed by atoms with E-state index >= 15 is 0 Å². The van der Waals surface area contributed by atoms with Crippen LogP contribution in [0.15, 0.2) is 18.2 Å². The molecule has 1 unspecified atom stereocenters. The maximum atomic E-state index is 6.05. The predicted molar refractivity (Wildman–Crippen MR) is 73.7 cm³/mol. The van der Waals surface area contributed by atoms with Gasteiger partial charge in [-0.15, -0.1) is 0 Å². The lowest BCUT2D eigenvalue weighted by molar-refractivity contribution is 0.407. The number of ether oxygens (including phenoxy) is 1. The van der Waals surface area contributed by atoms with Crippen molar-refractivity contribution in [2.45, 2.75) is 26.8 Å². The first-order chi connectivity index (χ1) is 7.97. The van der Waals surface area contributed by atoms with Gasteiger partial charge in [-0.2, -0.15) is 0 Å². The third-order valence-corrected chi connectivity index (χ3v) is 2.77. The second kappa shape index (κ2) is 5.92. The molecule has 0 radical (unpaired) electrons. The molecular formula is C14H24N2O. The van der Waals surface area contributed by atoms with Gasteiger partial charge in [0.1, 0.15) is 5.75 Å². The molecule has 3 nitrogen and oxygen atoms in total. The fourth-order valence-corrected chi connectivity index (χ4v) is 2.15. The number of nitrogens with two attached hydrogens (primary N) is 1. The molecule has 2 N–H and O–H groups in total. The zero-order valence-electron chi connectivity index (χ0n) is 11.5. The molecule has 0 saturated carbocycles. The standard InChI is InChI=1S/C14H24N2O/c1-10(2)9-16(4)12-7-6-8-13(17-5)14(12)11(3)15/h6-8,10-11H,9,15H2,1-5H3. The van der Waals surface area contributed by atoms with Crippen LogP contribution in [0.25, 0.3) is 0 Å². The van der Waals surface area contributed by atoms with Gasteiger partial charge >= 0.3 is 0 Å². The van der Waals surface area contributed by atoms with Crippen LogP contribution in [0.5, 0.6) is 5.75 Å². The van der Waals surface area contributed by atoms with Gasteiger partial charge in [-0.1, -0.05) is 19.9 Å². The number of nitrogens with zero attached hydrogens (tertiary/aromatic N) is 1. The molecule has 1 atom stereocenters. The maximum absolute atomic E-state index is 6.05. The van der Waals surface area contributed by atoms with Crippen LogP contribution < -0.4 is 15.4 Å². The summed E-state index contributed by atoms with van der Waals surface area (Å²) < 4.78 is 5.40. The molecule has 1 aromatic rings. The lowest BCUT2D eigenvalue weighted by Crippen LogP contribution is -2.25. The van der Waals surface area contributed by atoms with Crippen LogP contribution in [0.3, 0.4) is 0 Å². The molecule has 0 fully saturated rings. The Kier molecular flexibility index (Phi) is 4.82. The zero-order chi connectivity index (χ0) is 13.0. The molecule has 0 bridgehead atoms. The van der Waals surface area contributed by atoms with Crippen molar-refractivity contribution in [2.24, 2.45) is 11.7 Å². The minimum absolute atomic E-state index is 0.0317. The van der Waals surface area contributed by atoms with Gasteiger partial charge in [0.25, 0.3) is 0 Å². The summed E-state index contributed by atoms with van der Waals surface area (Å²) in [6, 6.07) is 6.04. The molecule has 0 aliphatic heterocycles. The van der Waals surface area contributed by atoms with E-state index in [1.165, 1.54) is 0 Å². The molecule has 1 rings (SSSR count). The van der Waals surface area contributed by atoms with Crippen molar-refractivity contribution in [2.75, 3.05) is 25.6 Å². The highest BCUT2D eigenvalue weighted by atomic mass is 16.5. The van der Waals surface area contributed by atoms with Crippen molar-refractivity contribution in [3.8, 4) is 5.75 Å². The third-order valence-electron chi connectivity index (χ3n) is 2.77. The maximum Gasteiger partial charge on any atom is 0.125 e. The number of methoxy groups -OCH3 is 1. The number of benzene rings is 1. The van der Waals surface area contributed by atoms with Gasteiger partial charge in [-0.25, -0.2) is 0 Å². The molecule has 0 aromatic heterocycles. The van der Waals surface area contributed by atoms with E-state index in [2.05, 4.69) is 31.9 Å². The van der Waals surface area contributed by atoms with Crippen molar-refractivity contribution >= 4 is 5.69 Å². The van der Waals surface area contributed by atoms with Gasteiger partial charge < -0.3 is 15.4 Å². The van der Waals surface area contributed by atoms with Gasteiger partial charge in [-0.3, -0.25) is 0 Å². The Morgan fingerprint density at radius 3 is 2.41 bits per heavy atom. The normalized spacial score (nSPS) is 12.6. The summed E-state index contributed by atoms with van der Waals surface area (Å²) in [6.45, 7) is 7.42. The smallest absolute Gasteiger partial charge is 0.125 e. The molecule has 17 heavy (non-hydrogen) atoms. The van der Waals surface area contributed by atoms with Crippen LogP contribution in [0.2, 0.25) is 0 Å². The number of hydrogen-bond donors (Lipinski definition) is 1. The van der Waals surface area contributed by atoms with Gasteiger partial charge in [0.2, 0.25) is 0 Å². The molecular weight excluding hydrogens is 212 g/mol. The first kappa shape index (κ1) is 13.8. The summed E-state index contributed by atoms with van der Waals surface area (Å²) in [7, 11) is 3.79. The number of anilines is 1. The van der Waals surface area contributed by atoms with Crippen molar-refractivity contribution in [3.63, 3.8) is 0 Å². The lowest BCUT2D eigenvalue weighted by Gasteiger charge is -2.26. The van der Waals surface area contributed by atoms with Gasteiger partial charge in [0.05, 0.1) is 7.11 Å². The molecule has 1 aromatic carbocycles. The Morgan fingerprint density at radius 2 is 1.94 bits per heavy atom. The Labute approximate surface area is 105 Å². The van der Waals surface area contributed by atoms with E-state index in [0.29, 0.717) is 5.92 Å². The van der Waals surface area contributed by atoms with E-state index in [4.69, 9.17) is 10.5 Å². The van der Waals surface area contributed by atoms with Gasteiger partial charge in [0.15, 0.2) is 0 Å². The summed E-state index contributed by atoms with van der Waals surface area (Å²) in [5, 5.41) is 0. The SMILES string of the molecule is COc1cccc(N(C)CC(C)C)c1C(C)N. The summed E-state index contributed by atoms with van der Waals surface area (Å²) in [6.07, 6.45) is 0. The molecule has 96 valence electrons. The van der Waals surface area contributed by atoms with E-state index in [9.17, 15) is 0 Å². The highest BCUT2D eigenvalue weighted by Gasteiger charge is 2.16. The second-order valence-electron chi connectivity index (χ2n) is 4.96. The van der Waals surface area contributed by atoms with Gasteiger partial charge in [-0.05, 0) is 25.0 Å². The number of hydrogen-bond acceptors (Lipinski definition) is 3. The Morgan fingerprint density at radius 1 is 1.29 bits per heavy atom. The van der Waals surface area contributed by atoms with E-state index in [0.717, 1.165) is 23.5 Å². The van der Waals surface area contributed by atoms with Gasteiger partial charge in [0, 0.05) is 30.9 Å². The number of rotatable bonds is 5. The van der Waals surface area contributed by atoms with Crippen molar-refractivity contribution in [1.29, 1.82) is 0 Å². The highest BCUT2D eigenvalue weighted by molar-refractivity contribution is 5.60. The molecule has 0 aliphatic rings.